The summed E-state index contributed by atoms with van der Waals surface area (Å²) in [5, 5.41) is 21.3. The van der Waals surface area contributed by atoms with Crippen molar-refractivity contribution in [2.24, 2.45) is 0 Å². The van der Waals surface area contributed by atoms with Crippen LogP contribution in [-0.2, 0) is 27.3 Å². The summed E-state index contributed by atoms with van der Waals surface area (Å²) in [5.74, 6) is -5.37. The molecule has 2 heterocycles. The molecule has 0 spiro atoms. The van der Waals surface area contributed by atoms with Crippen molar-refractivity contribution in [3.63, 3.8) is 0 Å². The van der Waals surface area contributed by atoms with Crippen LogP contribution in [0.15, 0.2) is 24.5 Å². The quantitative estimate of drug-likeness (QED) is 0.536. The molecule has 15 heteroatoms. The molecule has 2 aromatic rings. The van der Waals surface area contributed by atoms with Crippen LogP contribution >= 0.6 is 0 Å². The highest BCUT2D eigenvalue weighted by Crippen LogP contribution is 2.14. The van der Waals surface area contributed by atoms with E-state index in [2.05, 4.69) is 15.2 Å². The Morgan fingerprint density at radius 2 is 1.41 bits per heavy atom. The second-order valence-corrected chi connectivity index (χ2v) is 6.62. The number of aromatic nitrogens is 3. The molecule has 0 aromatic carbocycles. The predicted octanol–water partition coefficient (Wildman–Crippen LogP) is 3.28. The molecule has 0 aliphatic carbocycles. The summed E-state index contributed by atoms with van der Waals surface area (Å²) >= 11 is 0. The van der Waals surface area contributed by atoms with Crippen molar-refractivity contribution in [3.8, 4) is 0 Å². The SMILES string of the molecule is Cc1n[nH]c(C)c1CN(C)C(=O)CCc1ccncc1.O=C(O)C(F)(F)F.O=C(O)C(F)(F)F. The molecule has 3 N–H and O–H groups in total. The molecular formula is C19H22F6N4O5. The lowest BCUT2D eigenvalue weighted by molar-refractivity contribution is -0.193. The molecule has 0 saturated carbocycles. The summed E-state index contributed by atoms with van der Waals surface area (Å²) < 4.78 is 63.5. The first-order valence-electron chi connectivity index (χ1n) is 9.20. The van der Waals surface area contributed by atoms with E-state index in [0.29, 0.717) is 13.0 Å². The number of aryl methyl sites for hydroxylation is 3. The first-order valence-corrected chi connectivity index (χ1v) is 9.20. The highest BCUT2D eigenvalue weighted by atomic mass is 19.4. The second-order valence-electron chi connectivity index (χ2n) is 6.62. The molecule has 34 heavy (non-hydrogen) atoms. The minimum absolute atomic E-state index is 0.141. The lowest BCUT2D eigenvalue weighted by atomic mass is 10.1. The summed E-state index contributed by atoms with van der Waals surface area (Å²) in [7, 11) is 1.83. The summed E-state index contributed by atoms with van der Waals surface area (Å²) in [5.41, 5.74) is 4.22. The molecule has 0 radical (unpaired) electrons. The summed E-state index contributed by atoms with van der Waals surface area (Å²) in [6, 6.07) is 3.88. The number of carboxylic acid groups (broad SMARTS) is 2. The third-order valence-corrected chi connectivity index (χ3v) is 3.96. The van der Waals surface area contributed by atoms with Gasteiger partial charge in [-0.1, -0.05) is 0 Å². The van der Waals surface area contributed by atoms with Gasteiger partial charge in [0, 0.05) is 43.7 Å². The number of nitrogens with one attached hydrogen (secondary N) is 1. The molecule has 0 bridgehead atoms. The number of carboxylic acids is 2. The number of carbonyl (C=O) groups is 3. The highest BCUT2D eigenvalue weighted by Gasteiger charge is 2.38. The Labute approximate surface area is 189 Å². The minimum atomic E-state index is -5.08. The number of aromatic amines is 1. The number of rotatable bonds is 5. The van der Waals surface area contributed by atoms with Crippen LogP contribution in [0, 0.1) is 13.8 Å². The minimum Gasteiger partial charge on any atom is -0.475 e. The van der Waals surface area contributed by atoms with Crippen LogP contribution in [0.4, 0.5) is 26.3 Å². The highest BCUT2D eigenvalue weighted by molar-refractivity contribution is 5.76. The first-order chi connectivity index (χ1) is 15.5. The van der Waals surface area contributed by atoms with E-state index in [4.69, 9.17) is 19.8 Å². The van der Waals surface area contributed by atoms with Crippen molar-refractivity contribution in [1.29, 1.82) is 0 Å². The van der Waals surface area contributed by atoms with Crippen LogP contribution in [0.2, 0.25) is 0 Å². The molecule has 0 atom stereocenters. The van der Waals surface area contributed by atoms with Gasteiger partial charge in [0.2, 0.25) is 5.91 Å². The van der Waals surface area contributed by atoms with Crippen molar-refractivity contribution in [3.05, 3.63) is 47.0 Å². The number of hydrogen-bond donors (Lipinski definition) is 3. The largest absolute Gasteiger partial charge is 0.490 e. The van der Waals surface area contributed by atoms with E-state index in [1.807, 2.05) is 33.0 Å². The maximum absolute atomic E-state index is 12.1. The molecule has 2 aromatic heterocycles. The Balaban J connectivity index is 0.000000642. The van der Waals surface area contributed by atoms with Gasteiger partial charge in [-0.05, 0) is 38.0 Å². The third kappa shape index (κ3) is 11.8. The molecule has 190 valence electrons. The monoisotopic (exact) mass is 500 g/mol. The lowest BCUT2D eigenvalue weighted by Crippen LogP contribution is -2.26. The van der Waals surface area contributed by atoms with Crippen molar-refractivity contribution in [2.45, 2.75) is 45.6 Å². The zero-order valence-corrected chi connectivity index (χ0v) is 18.2. The van der Waals surface area contributed by atoms with Crippen LogP contribution in [0.1, 0.15) is 28.9 Å². The van der Waals surface area contributed by atoms with E-state index in [0.717, 1.165) is 28.9 Å². The standard InChI is InChI=1S/C15H20N4O.2C2HF3O2/c1-11-14(12(2)18-17-11)10-19(3)15(20)5-4-13-6-8-16-9-7-13;2*3-2(4,5)1(6)7/h6-9H,4-5,10H2,1-3H3,(H,17,18);2*(H,6,7). The average molecular weight is 500 g/mol. The van der Waals surface area contributed by atoms with Gasteiger partial charge in [-0.2, -0.15) is 31.4 Å². The fourth-order valence-corrected chi connectivity index (χ4v) is 2.12. The van der Waals surface area contributed by atoms with Gasteiger partial charge in [0.1, 0.15) is 0 Å². The van der Waals surface area contributed by atoms with E-state index in [-0.39, 0.29) is 5.91 Å². The summed E-state index contributed by atoms with van der Waals surface area (Å²) in [4.78, 5) is 35.7. The second kappa shape index (κ2) is 13.2. The number of nitrogens with zero attached hydrogens (tertiary/aromatic N) is 3. The summed E-state index contributed by atoms with van der Waals surface area (Å²) in [6.07, 6.45) is -5.41. The van der Waals surface area contributed by atoms with Crippen LogP contribution in [0.5, 0.6) is 0 Å². The number of carbonyl (C=O) groups excluding carboxylic acids is 1. The van der Waals surface area contributed by atoms with Crippen LogP contribution in [0.3, 0.4) is 0 Å². The van der Waals surface area contributed by atoms with Gasteiger partial charge < -0.3 is 15.1 Å². The third-order valence-electron chi connectivity index (χ3n) is 3.96. The number of aliphatic carboxylic acids is 2. The number of pyridine rings is 1. The molecule has 9 nitrogen and oxygen atoms in total. The number of alkyl halides is 6. The Morgan fingerprint density at radius 1 is 0.971 bits per heavy atom. The van der Waals surface area contributed by atoms with E-state index in [1.165, 1.54) is 0 Å². The maximum Gasteiger partial charge on any atom is 0.490 e. The van der Waals surface area contributed by atoms with E-state index >= 15 is 0 Å². The van der Waals surface area contributed by atoms with Crippen molar-refractivity contribution in [2.75, 3.05) is 7.05 Å². The van der Waals surface area contributed by atoms with Gasteiger partial charge in [-0.25, -0.2) is 9.59 Å². The summed E-state index contributed by atoms with van der Waals surface area (Å²) in [6.45, 7) is 4.53. The molecule has 0 fully saturated rings. The molecular weight excluding hydrogens is 478 g/mol. The number of H-pyrrole nitrogens is 1. The van der Waals surface area contributed by atoms with Crippen LogP contribution in [-0.4, -0.2) is 67.5 Å². The zero-order valence-electron chi connectivity index (χ0n) is 18.2. The van der Waals surface area contributed by atoms with E-state index in [9.17, 15) is 31.1 Å². The van der Waals surface area contributed by atoms with Crippen molar-refractivity contribution < 1.29 is 50.9 Å². The molecule has 0 aliphatic rings. The normalized spacial score (nSPS) is 10.9. The Hall–Kier alpha value is -3.65. The Bertz CT molecular complexity index is 901. The molecule has 0 saturated heterocycles. The van der Waals surface area contributed by atoms with Crippen molar-refractivity contribution >= 4 is 17.8 Å². The number of halogens is 6. The fourth-order valence-electron chi connectivity index (χ4n) is 2.12. The molecule has 1 amide bonds. The molecule has 0 aliphatic heterocycles. The average Bonchev–Trinajstić information content (AvgIpc) is 3.04. The maximum atomic E-state index is 12.1. The van der Waals surface area contributed by atoms with Gasteiger partial charge >= 0.3 is 24.3 Å². The van der Waals surface area contributed by atoms with Gasteiger partial charge in [0.25, 0.3) is 0 Å². The van der Waals surface area contributed by atoms with Crippen molar-refractivity contribution in [1.82, 2.24) is 20.1 Å². The first kappa shape index (κ1) is 30.4. The zero-order chi connectivity index (χ0) is 26.7. The Kier molecular flexibility index (Phi) is 11.7. The predicted molar refractivity (Wildman–Crippen MR) is 104 cm³/mol. The Morgan fingerprint density at radius 3 is 1.76 bits per heavy atom. The number of amides is 1. The van der Waals surface area contributed by atoms with Crippen LogP contribution < -0.4 is 0 Å². The van der Waals surface area contributed by atoms with Gasteiger partial charge in [-0.3, -0.25) is 14.9 Å². The van der Waals surface area contributed by atoms with E-state index in [1.54, 1.807) is 17.3 Å². The lowest BCUT2D eigenvalue weighted by Gasteiger charge is -2.17. The van der Waals surface area contributed by atoms with Gasteiger partial charge in [0.05, 0.1) is 5.69 Å². The smallest absolute Gasteiger partial charge is 0.475 e. The topological polar surface area (TPSA) is 136 Å². The van der Waals surface area contributed by atoms with E-state index < -0.39 is 24.3 Å². The number of hydrogen-bond acceptors (Lipinski definition) is 5. The molecule has 2 rings (SSSR count). The molecule has 0 unspecified atom stereocenters. The van der Waals surface area contributed by atoms with Crippen LogP contribution in [0.25, 0.3) is 0 Å². The van der Waals surface area contributed by atoms with Gasteiger partial charge in [0.15, 0.2) is 0 Å². The fraction of sp³-hybridized carbons (Fsp3) is 0.421. The van der Waals surface area contributed by atoms with Gasteiger partial charge in [-0.15, -0.1) is 0 Å².